The largest absolute Gasteiger partial charge is 0.424 e. The van der Waals surface area contributed by atoms with E-state index in [-0.39, 0.29) is 6.54 Å². The van der Waals surface area contributed by atoms with Gasteiger partial charge in [-0.2, -0.15) is 13.2 Å². The van der Waals surface area contributed by atoms with E-state index in [2.05, 4.69) is 10.3 Å². The van der Waals surface area contributed by atoms with E-state index in [9.17, 15) is 18.3 Å². The van der Waals surface area contributed by atoms with Crippen molar-refractivity contribution >= 4 is 0 Å². The van der Waals surface area contributed by atoms with Gasteiger partial charge in [0.25, 0.3) is 0 Å². The molecule has 1 rings (SSSR count). The van der Waals surface area contributed by atoms with Crippen LogP contribution < -0.4 is 5.73 Å². The molecular formula is C8H13F3N4O. The third-order valence-electron chi connectivity index (χ3n) is 2.24. The quantitative estimate of drug-likeness (QED) is 0.795. The van der Waals surface area contributed by atoms with Crippen molar-refractivity contribution in [3.8, 4) is 0 Å². The molecule has 0 amide bonds. The van der Waals surface area contributed by atoms with Crippen molar-refractivity contribution in [2.45, 2.75) is 31.7 Å². The molecule has 0 aliphatic carbocycles. The molecule has 0 spiro atoms. The highest BCUT2D eigenvalue weighted by molar-refractivity contribution is 5.12. The number of nitrogens with zero attached hydrogens (tertiary/aromatic N) is 3. The summed E-state index contributed by atoms with van der Waals surface area (Å²) in [6.07, 6.45) is -3.39. The molecule has 8 heteroatoms. The first-order chi connectivity index (χ1) is 7.36. The Bertz CT molecular complexity index is 351. The summed E-state index contributed by atoms with van der Waals surface area (Å²) in [5.74, 6) is 0. The Morgan fingerprint density at radius 1 is 1.50 bits per heavy atom. The summed E-state index contributed by atoms with van der Waals surface area (Å²) in [5, 5.41) is 16.4. The molecule has 1 aromatic rings. The van der Waals surface area contributed by atoms with Crippen LogP contribution in [0.15, 0.2) is 6.20 Å². The lowest BCUT2D eigenvalue weighted by Gasteiger charge is -2.28. The third kappa shape index (κ3) is 2.03. The molecule has 0 saturated heterocycles. The van der Waals surface area contributed by atoms with Gasteiger partial charge in [0.05, 0.1) is 6.20 Å². The Hall–Kier alpha value is -1.15. The van der Waals surface area contributed by atoms with E-state index in [1.165, 1.54) is 0 Å². The zero-order chi connectivity index (χ0) is 12.4. The number of hydrogen-bond donors (Lipinski definition) is 2. The molecular weight excluding hydrogens is 225 g/mol. The van der Waals surface area contributed by atoms with Crippen LogP contribution in [0.2, 0.25) is 0 Å². The SMILES string of the molecule is CCCn1nncc1C(O)(CN)C(F)(F)F. The lowest BCUT2D eigenvalue weighted by molar-refractivity contribution is -0.264. The molecule has 92 valence electrons. The molecule has 5 nitrogen and oxygen atoms in total. The van der Waals surface area contributed by atoms with Gasteiger partial charge < -0.3 is 10.8 Å². The van der Waals surface area contributed by atoms with Crippen LogP contribution in [0.3, 0.4) is 0 Å². The topological polar surface area (TPSA) is 77.0 Å². The van der Waals surface area contributed by atoms with E-state index in [1.54, 1.807) is 6.92 Å². The van der Waals surface area contributed by atoms with Crippen molar-refractivity contribution in [2.75, 3.05) is 6.54 Å². The Morgan fingerprint density at radius 3 is 2.56 bits per heavy atom. The van der Waals surface area contributed by atoms with Crippen molar-refractivity contribution in [3.63, 3.8) is 0 Å². The fraction of sp³-hybridized carbons (Fsp3) is 0.750. The molecule has 1 atom stereocenters. The monoisotopic (exact) mass is 238 g/mol. The van der Waals surface area contributed by atoms with Gasteiger partial charge in [0.2, 0.25) is 5.60 Å². The van der Waals surface area contributed by atoms with Gasteiger partial charge in [0, 0.05) is 13.1 Å². The van der Waals surface area contributed by atoms with Crippen molar-refractivity contribution < 1.29 is 18.3 Å². The molecule has 0 fully saturated rings. The predicted octanol–water partition coefficient (Wildman–Crippen LogP) is 0.397. The number of halogens is 3. The number of aryl methyl sites for hydroxylation is 1. The van der Waals surface area contributed by atoms with Crippen LogP contribution in [0.1, 0.15) is 19.0 Å². The summed E-state index contributed by atoms with van der Waals surface area (Å²) in [6.45, 7) is 1.06. The predicted molar refractivity (Wildman–Crippen MR) is 49.3 cm³/mol. The molecule has 3 N–H and O–H groups in total. The number of aromatic nitrogens is 3. The van der Waals surface area contributed by atoms with Gasteiger partial charge in [-0.3, -0.25) is 0 Å². The second-order valence-corrected chi connectivity index (χ2v) is 3.40. The number of alkyl halides is 3. The van der Waals surface area contributed by atoms with Crippen molar-refractivity contribution in [1.29, 1.82) is 0 Å². The summed E-state index contributed by atoms with van der Waals surface area (Å²) in [7, 11) is 0. The number of nitrogens with two attached hydrogens (primary N) is 1. The first kappa shape index (κ1) is 12.9. The van der Waals surface area contributed by atoms with Gasteiger partial charge in [-0.05, 0) is 6.42 Å². The van der Waals surface area contributed by atoms with Gasteiger partial charge in [-0.15, -0.1) is 5.10 Å². The Kier molecular flexibility index (Phi) is 3.54. The van der Waals surface area contributed by atoms with Crippen LogP contribution in [-0.2, 0) is 12.1 Å². The highest BCUT2D eigenvalue weighted by atomic mass is 19.4. The summed E-state index contributed by atoms with van der Waals surface area (Å²) in [5.41, 5.74) is 1.49. The molecule has 16 heavy (non-hydrogen) atoms. The number of hydrogen-bond acceptors (Lipinski definition) is 4. The van der Waals surface area contributed by atoms with Gasteiger partial charge >= 0.3 is 6.18 Å². The van der Waals surface area contributed by atoms with Crippen molar-refractivity contribution in [2.24, 2.45) is 5.73 Å². The van der Waals surface area contributed by atoms with Crippen LogP contribution >= 0.6 is 0 Å². The molecule has 0 aromatic carbocycles. The van der Waals surface area contributed by atoms with Crippen LogP contribution in [0.4, 0.5) is 13.2 Å². The first-order valence-electron chi connectivity index (χ1n) is 4.75. The molecule has 0 aliphatic rings. The minimum absolute atomic E-state index is 0.244. The molecule has 1 aromatic heterocycles. The van der Waals surface area contributed by atoms with Gasteiger partial charge in [-0.1, -0.05) is 12.1 Å². The molecule has 0 aliphatic heterocycles. The molecule has 1 unspecified atom stereocenters. The maximum absolute atomic E-state index is 12.7. The Morgan fingerprint density at radius 2 is 2.12 bits per heavy atom. The fourth-order valence-electron chi connectivity index (χ4n) is 1.32. The molecule has 1 heterocycles. The first-order valence-corrected chi connectivity index (χ1v) is 4.75. The average molecular weight is 238 g/mol. The van der Waals surface area contributed by atoms with Crippen LogP contribution in [0, 0.1) is 0 Å². The smallest absolute Gasteiger partial charge is 0.374 e. The van der Waals surface area contributed by atoms with E-state index in [0.717, 1.165) is 10.9 Å². The van der Waals surface area contributed by atoms with E-state index in [0.29, 0.717) is 6.42 Å². The Labute approximate surface area is 90.0 Å². The Balaban J connectivity index is 3.18. The van der Waals surface area contributed by atoms with Gasteiger partial charge in [0.1, 0.15) is 5.69 Å². The lowest BCUT2D eigenvalue weighted by atomic mass is 10.00. The number of rotatable bonds is 4. The maximum Gasteiger partial charge on any atom is 0.424 e. The van der Waals surface area contributed by atoms with Crippen molar-refractivity contribution in [3.05, 3.63) is 11.9 Å². The minimum Gasteiger partial charge on any atom is -0.374 e. The van der Waals surface area contributed by atoms with Crippen LogP contribution in [-0.4, -0.2) is 32.8 Å². The number of aliphatic hydroxyl groups is 1. The van der Waals surface area contributed by atoms with E-state index in [4.69, 9.17) is 5.73 Å². The van der Waals surface area contributed by atoms with E-state index < -0.39 is 24.0 Å². The summed E-state index contributed by atoms with van der Waals surface area (Å²) < 4.78 is 39.1. The minimum atomic E-state index is -4.85. The highest BCUT2D eigenvalue weighted by Gasteiger charge is 2.56. The second kappa shape index (κ2) is 4.38. The third-order valence-corrected chi connectivity index (χ3v) is 2.24. The van der Waals surface area contributed by atoms with Gasteiger partial charge in [-0.25, -0.2) is 4.68 Å². The summed E-state index contributed by atoms with van der Waals surface area (Å²) in [6, 6.07) is 0. The van der Waals surface area contributed by atoms with Gasteiger partial charge in [0.15, 0.2) is 0 Å². The second-order valence-electron chi connectivity index (χ2n) is 3.40. The van der Waals surface area contributed by atoms with Crippen LogP contribution in [0.5, 0.6) is 0 Å². The molecule has 0 saturated carbocycles. The zero-order valence-corrected chi connectivity index (χ0v) is 8.70. The van der Waals surface area contributed by atoms with E-state index in [1.807, 2.05) is 0 Å². The highest BCUT2D eigenvalue weighted by Crippen LogP contribution is 2.37. The molecule has 0 radical (unpaired) electrons. The summed E-state index contributed by atoms with van der Waals surface area (Å²) in [4.78, 5) is 0. The standard InChI is InChI=1S/C8H13F3N4O/c1-2-3-15-6(4-13-14-15)7(16,5-12)8(9,10)11/h4,16H,2-3,5,12H2,1H3. The fourth-order valence-corrected chi connectivity index (χ4v) is 1.32. The van der Waals surface area contributed by atoms with E-state index >= 15 is 0 Å². The maximum atomic E-state index is 12.7. The average Bonchev–Trinajstić information content (AvgIpc) is 2.64. The van der Waals surface area contributed by atoms with Crippen LogP contribution in [0.25, 0.3) is 0 Å². The zero-order valence-electron chi connectivity index (χ0n) is 8.70. The van der Waals surface area contributed by atoms with Crippen molar-refractivity contribution in [1.82, 2.24) is 15.0 Å². The summed E-state index contributed by atoms with van der Waals surface area (Å²) >= 11 is 0. The molecule has 0 bridgehead atoms. The lowest BCUT2D eigenvalue weighted by Crippen LogP contribution is -2.49. The normalized spacial score (nSPS) is 16.1.